The molecule has 0 bridgehead atoms. The normalized spacial score (nSPS) is 14.0. The minimum Gasteiger partial charge on any atom is -0.479 e. The zero-order chi connectivity index (χ0) is 16.8. The smallest absolute Gasteiger partial charge is 0.267 e. The number of hydrogen-bond donors (Lipinski definition) is 2. The highest BCUT2D eigenvalue weighted by Gasteiger charge is 2.28. The molecule has 0 radical (unpaired) electrons. The number of halogens is 1. The average Bonchev–Trinajstić information content (AvgIpc) is 2.77. The van der Waals surface area contributed by atoms with E-state index >= 15 is 0 Å². The van der Waals surface area contributed by atoms with Gasteiger partial charge in [0.1, 0.15) is 11.5 Å². The second-order valence-electron chi connectivity index (χ2n) is 4.93. The van der Waals surface area contributed by atoms with Gasteiger partial charge < -0.3 is 14.6 Å². The molecule has 0 fully saturated rings. The van der Waals surface area contributed by atoms with E-state index in [1.165, 1.54) is 13.8 Å². The maximum atomic E-state index is 13.7. The first kappa shape index (κ1) is 15.3. The molecule has 2 N–H and O–H groups in total. The van der Waals surface area contributed by atoms with Gasteiger partial charge in [-0.25, -0.2) is 12.8 Å². The average molecular weight is 341 g/mol. The van der Waals surface area contributed by atoms with Gasteiger partial charge in [-0.05, 0) is 13.8 Å². The Morgan fingerprint density at radius 3 is 2.74 bits per heavy atom. The van der Waals surface area contributed by atoms with E-state index in [9.17, 15) is 17.6 Å². The number of carbonyl (C=O) groups excluding carboxylic acids is 1. The molecule has 1 aliphatic rings. The van der Waals surface area contributed by atoms with Crippen LogP contribution in [0.25, 0.3) is 0 Å². The van der Waals surface area contributed by atoms with E-state index in [0.29, 0.717) is 0 Å². The van der Waals surface area contributed by atoms with E-state index in [1.54, 1.807) is 0 Å². The lowest BCUT2D eigenvalue weighted by Crippen LogP contribution is -2.26. The molecule has 1 amide bonds. The van der Waals surface area contributed by atoms with Crippen molar-refractivity contribution in [2.45, 2.75) is 18.7 Å². The Labute approximate surface area is 130 Å². The molecule has 23 heavy (non-hydrogen) atoms. The number of carbonyl (C=O) groups is 1. The van der Waals surface area contributed by atoms with Gasteiger partial charge in [-0.1, -0.05) is 5.16 Å². The number of amides is 1. The number of rotatable bonds is 3. The maximum Gasteiger partial charge on any atom is 0.267 e. The van der Waals surface area contributed by atoms with Crippen LogP contribution in [-0.4, -0.2) is 26.1 Å². The zero-order valence-corrected chi connectivity index (χ0v) is 13.0. The van der Waals surface area contributed by atoms with Crippen molar-refractivity contribution in [1.29, 1.82) is 0 Å². The van der Waals surface area contributed by atoms with E-state index in [1.807, 2.05) is 0 Å². The third-order valence-electron chi connectivity index (χ3n) is 3.16. The number of nitrogens with one attached hydrogen (secondary N) is 2. The first-order valence-electron chi connectivity index (χ1n) is 6.50. The number of ether oxygens (including phenoxy) is 1. The van der Waals surface area contributed by atoms with Gasteiger partial charge in [0.25, 0.3) is 15.9 Å². The minimum atomic E-state index is -4.06. The molecule has 1 aromatic heterocycles. The number of hydrogen-bond acceptors (Lipinski definition) is 6. The molecule has 3 rings (SSSR count). The molecular weight excluding hydrogens is 329 g/mol. The summed E-state index contributed by atoms with van der Waals surface area (Å²) in [7, 11) is -4.06. The molecule has 0 atom stereocenters. The van der Waals surface area contributed by atoms with Crippen molar-refractivity contribution in [2.24, 2.45) is 0 Å². The fourth-order valence-electron chi connectivity index (χ4n) is 2.30. The monoisotopic (exact) mass is 341 g/mol. The van der Waals surface area contributed by atoms with Crippen LogP contribution in [0, 0.1) is 19.7 Å². The molecule has 1 aliphatic heterocycles. The summed E-state index contributed by atoms with van der Waals surface area (Å²) in [6.45, 7) is 2.63. The molecule has 8 nitrogen and oxygen atoms in total. The third-order valence-corrected chi connectivity index (χ3v) is 4.77. The van der Waals surface area contributed by atoms with Crippen LogP contribution in [0.5, 0.6) is 5.75 Å². The first-order valence-corrected chi connectivity index (χ1v) is 7.98. The van der Waals surface area contributed by atoms with Gasteiger partial charge in [0.15, 0.2) is 23.0 Å². The summed E-state index contributed by atoms with van der Waals surface area (Å²) < 4.78 is 50.9. The molecule has 0 aliphatic carbocycles. The molecule has 10 heteroatoms. The minimum absolute atomic E-state index is 0.0429. The van der Waals surface area contributed by atoms with Crippen molar-refractivity contribution in [1.82, 2.24) is 5.16 Å². The fourth-order valence-corrected chi connectivity index (χ4v) is 3.68. The van der Waals surface area contributed by atoms with Crippen LogP contribution < -0.4 is 14.8 Å². The highest BCUT2D eigenvalue weighted by atomic mass is 32.2. The van der Waals surface area contributed by atoms with Gasteiger partial charge in [-0.3, -0.25) is 9.52 Å². The van der Waals surface area contributed by atoms with Crippen LogP contribution in [0.2, 0.25) is 0 Å². The predicted molar refractivity (Wildman–Crippen MR) is 77.3 cm³/mol. The number of nitrogens with zero attached hydrogens (tertiary/aromatic N) is 1. The Morgan fingerprint density at radius 1 is 1.35 bits per heavy atom. The van der Waals surface area contributed by atoms with Crippen LogP contribution >= 0.6 is 0 Å². The number of benzene rings is 1. The Balaban J connectivity index is 2.05. The summed E-state index contributed by atoms with van der Waals surface area (Å²) in [4.78, 5) is 11.2. The standard InChI is InChI=1S/C13H12FN3O5S/c1-6-13(7(2)22-16-6)23(19,20)17-10-4-8(14)3-9-12(10)21-5-11(18)15-9/h3-4,17H,5H2,1-2H3,(H,15,18). The number of sulfonamides is 1. The number of aromatic nitrogens is 1. The van der Waals surface area contributed by atoms with Crippen molar-refractivity contribution < 1.29 is 26.9 Å². The SMILES string of the molecule is Cc1noc(C)c1S(=O)(=O)Nc1cc(F)cc2c1OCC(=O)N2. The van der Waals surface area contributed by atoms with E-state index < -0.39 is 21.7 Å². The molecule has 0 unspecified atom stereocenters. The Morgan fingerprint density at radius 2 is 2.09 bits per heavy atom. The molecule has 122 valence electrons. The number of aryl methyl sites for hydroxylation is 2. The van der Waals surface area contributed by atoms with Crippen LogP contribution in [-0.2, 0) is 14.8 Å². The topological polar surface area (TPSA) is 111 Å². The quantitative estimate of drug-likeness (QED) is 0.876. The lowest BCUT2D eigenvalue weighted by Gasteiger charge is -2.21. The lowest BCUT2D eigenvalue weighted by molar-refractivity contribution is -0.118. The Kier molecular flexibility index (Phi) is 3.48. The summed E-state index contributed by atoms with van der Waals surface area (Å²) in [5.74, 6) is -1.04. The summed E-state index contributed by atoms with van der Waals surface area (Å²) in [6.07, 6.45) is 0. The van der Waals surface area contributed by atoms with Gasteiger partial charge >= 0.3 is 0 Å². The van der Waals surface area contributed by atoms with Crippen LogP contribution in [0.4, 0.5) is 15.8 Å². The van der Waals surface area contributed by atoms with Gasteiger partial charge in [-0.15, -0.1) is 0 Å². The van der Waals surface area contributed by atoms with Gasteiger partial charge in [0.05, 0.1) is 11.4 Å². The highest BCUT2D eigenvalue weighted by molar-refractivity contribution is 7.92. The van der Waals surface area contributed by atoms with Crippen molar-refractivity contribution in [3.63, 3.8) is 0 Å². The molecule has 0 saturated carbocycles. The number of fused-ring (bicyclic) bond motifs is 1. The lowest BCUT2D eigenvalue weighted by atomic mass is 10.2. The molecule has 2 aromatic rings. The van der Waals surface area contributed by atoms with Crippen LogP contribution in [0.3, 0.4) is 0 Å². The first-order chi connectivity index (χ1) is 10.8. The third kappa shape index (κ3) is 2.72. The highest BCUT2D eigenvalue weighted by Crippen LogP contribution is 2.38. The van der Waals surface area contributed by atoms with Crippen molar-refractivity contribution >= 4 is 27.3 Å². The Bertz CT molecular complexity index is 887. The van der Waals surface area contributed by atoms with Gasteiger partial charge in [0.2, 0.25) is 0 Å². The van der Waals surface area contributed by atoms with E-state index in [2.05, 4.69) is 15.2 Å². The van der Waals surface area contributed by atoms with E-state index in [0.717, 1.165) is 12.1 Å². The molecule has 0 spiro atoms. The van der Waals surface area contributed by atoms with Crippen molar-refractivity contribution in [3.05, 3.63) is 29.4 Å². The van der Waals surface area contributed by atoms with E-state index in [-0.39, 0.29) is 40.1 Å². The second kappa shape index (κ2) is 5.23. The van der Waals surface area contributed by atoms with Crippen molar-refractivity contribution in [2.75, 3.05) is 16.6 Å². The van der Waals surface area contributed by atoms with Crippen LogP contribution in [0.15, 0.2) is 21.6 Å². The van der Waals surface area contributed by atoms with Crippen LogP contribution in [0.1, 0.15) is 11.5 Å². The van der Waals surface area contributed by atoms with Gasteiger partial charge in [0, 0.05) is 12.1 Å². The maximum absolute atomic E-state index is 13.7. The molecule has 2 heterocycles. The number of anilines is 2. The largest absolute Gasteiger partial charge is 0.479 e. The predicted octanol–water partition coefficient (Wildman–Crippen LogP) is 1.56. The zero-order valence-electron chi connectivity index (χ0n) is 12.1. The molecular formula is C13H12FN3O5S. The van der Waals surface area contributed by atoms with E-state index in [4.69, 9.17) is 9.26 Å². The molecule has 0 saturated heterocycles. The summed E-state index contributed by atoms with van der Waals surface area (Å²) in [5, 5.41) is 6.00. The fraction of sp³-hybridized carbons (Fsp3) is 0.231. The molecule has 1 aromatic carbocycles. The van der Waals surface area contributed by atoms with Gasteiger partial charge in [-0.2, -0.15) is 0 Å². The summed E-state index contributed by atoms with van der Waals surface area (Å²) in [5.41, 5.74) is 0.104. The summed E-state index contributed by atoms with van der Waals surface area (Å²) in [6, 6.07) is 2.01. The second-order valence-corrected chi connectivity index (χ2v) is 6.54. The Hall–Kier alpha value is -2.62. The van der Waals surface area contributed by atoms with Crippen molar-refractivity contribution in [3.8, 4) is 5.75 Å². The summed E-state index contributed by atoms with van der Waals surface area (Å²) >= 11 is 0.